The number of nitrogens with zero attached hydrogens (tertiary/aromatic N) is 2. The van der Waals surface area contributed by atoms with Crippen molar-refractivity contribution < 1.29 is 0 Å². The van der Waals surface area contributed by atoms with E-state index >= 15 is 0 Å². The zero-order valence-electron chi connectivity index (χ0n) is 10.8. The van der Waals surface area contributed by atoms with Crippen LogP contribution >= 0.6 is 27.7 Å². The van der Waals surface area contributed by atoms with Gasteiger partial charge in [0.25, 0.3) is 0 Å². The smallest absolute Gasteiger partial charge is 0.191 e. The summed E-state index contributed by atoms with van der Waals surface area (Å²) in [4.78, 5) is 8.85. The highest BCUT2D eigenvalue weighted by atomic mass is 79.9. The van der Waals surface area contributed by atoms with Gasteiger partial charge in [-0.1, -0.05) is 23.9 Å². The SMILES string of the molecule is CCNc1cc(Nc2ccccc2Br)nc(SC)n1. The molecule has 0 atom stereocenters. The van der Waals surface area contributed by atoms with Crippen LogP contribution in [0.25, 0.3) is 0 Å². The molecule has 0 amide bonds. The third kappa shape index (κ3) is 3.84. The number of nitrogens with one attached hydrogen (secondary N) is 2. The summed E-state index contributed by atoms with van der Waals surface area (Å²) in [5, 5.41) is 7.24. The average Bonchev–Trinajstić information content (AvgIpc) is 2.41. The van der Waals surface area contributed by atoms with Gasteiger partial charge >= 0.3 is 0 Å². The quantitative estimate of drug-likeness (QED) is 0.633. The Morgan fingerprint density at radius 3 is 2.63 bits per heavy atom. The molecule has 0 spiro atoms. The van der Waals surface area contributed by atoms with Crippen LogP contribution < -0.4 is 10.6 Å². The molecule has 1 aromatic heterocycles. The molecule has 1 heterocycles. The van der Waals surface area contributed by atoms with E-state index in [9.17, 15) is 0 Å². The predicted molar refractivity (Wildman–Crippen MR) is 85.4 cm³/mol. The highest BCUT2D eigenvalue weighted by Crippen LogP contribution is 2.26. The van der Waals surface area contributed by atoms with Crippen LogP contribution in [-0.2, 0) is 0 Å². The van der Waals surface area contributed by atoms with E-state index in [0.717, 1.165) is 33.5 Å². The molecule has 0 fully saturated rings. The molecule has 0 aliphatic heterocycles. The minimum Gasteiger partial charge on any atom is -0.370 e. The van der Waals surface area contributed by atoms with Crippen LogP contribution in [0, 0.1) is 0 Å². The lowest BCUT2D eigenvalue weighted by molar-refractivity contribution is 0.967. The summed E-state index contributed by atoms with van der Waals surface area (Å²) < 4.78 is 1.00. The van der Waals surface area contributed by atoms with Gasteiger partial charge in [0.1, 0.15) is 11.6 Å². The molecule has 100 valence electrons. The molecular formula is C13H15BrN4S. The lowest BCUT2D eigenvalue weighted by Gasteiger charge is -2.10. The summed E-state index contributed by atoms with van der Waals surface area (Å²) >= 11 is 5.04. The molecule has 4 nitrogen and oxygen atoms in total. The van der Waals surface area contributed by atoms with Crippen molar-refractivity contribution in [3.8, 4) is 0 Å². The Balaban J connectivity index is 2.29. The number of benzene rings is 1. The maximum atomic E-state index is 4.45. The third-order valence-electron chi connectivity index (χ3n) is 2.38. The highest BCUT2D eigenvalue weighted by molar-refractivity contribution is 9.10. The van der Waals surface area contributed by atoms with Crippen LogP contribution in [-0.4, -0.2) is 22.8 Å². The van der Waals surface area contributed by atoms with Gasteiger partial charge in [0.15, 0.2) is 5.16 Å². The Bertz CT molecular complexity index is 562. The van der Waals surface area contributed by atoms with E-state index in [1.807, 2.05) is 43.5 Å². The molecule has 19 heavy (non-hydrogen) atoms. The first-order valence-corrected chi connectivity index (χ1v) is 7.93. The molecule has 6 heteroatoms. The van der Waals surface area contributed by atoms with Gasteiger partial charge in [-0.05, 0) is 41.2 Å². The van der Waals surface area contributed by atoms with Gasteiger partial charge in [-0.3, -0.25) is 0 Å². The summed E-state index contributed by atoms with van der Waals surface area (Å²) in [6.45, 7) is 2.88. The predicted octanol–water partition coefficient (Wildman–Crippen LogP) is 4.14. The number of hydrogen-bond acceptors (Lipinski definition) is 5. The number of rotatable bonds is 5. The summed E-state index contributed by atoms with van der Waals surface area (Å²) in [6, 6.07) is 9.85. The number of aromatic nitrogens is 2. The van der Waals surface area contributed by atoms with E-state index in [-0.39, 0.29) is 0 Å². The Morgan fingerprint density at radius 2 is 1.95 bits per heavy atom. The van der Waals surface area contributed by atoms with E-state index in [1.165, 1.54) is 11.8 Å². The number of halogens is 1. The molecule has 0 unspecified atom stereocenters. The monoisotopic (exact) mass is 338 g/mol. The van der Waals surface area contributed by atoms with Crippen LogP contribution in [0.3, 0.4) is 0 Å². The molecule has 2 rings (SSSR count). The Morgan fingerprint density at radius 1 is 1.21 bits per heavy atom. The maximum absolute atomic E-state index is 4.45. The maximum Gasteiger partial charge on any atom is 0.191 e. The van der Waals surface area contributed by atoms with Crippen LogP contribution in [0.1, 0.15) is 6.92 Å². The van der Waals surface area contributed by atoms with Crippen molar-refractivity contribution in [2.45, 2.75) is 12.1 Å². The molecule has 2 N–H and O–H groups in total. The molecule has 0 bridgehead atoms. The van der Waals surface area contributed by atoms with Crippen LogP contribution in [0.4, 0.5) is 17.3 Å². The largest absolute Gasteiger partial charge is 0.370 e. The normalized spacial score (nSPS) is 10.3. The van der Waals surface area contributed by atoms with Crippen molar-refractivity contribution in [3.63, 3.8) is 0 Å². The molecule has 1 aromatic carbocycles. The van der Waals surface area contributed by atoms with Gasteiger partial charge in [-0.25, -0.2) is 9.97 Å². The zero-order chi connectivity index (χ0) is 13.7. The first-order valence-electron chi connectivity index (χ1n) is 5.91. The van der Waals surface area contributed by atoms with E-state index in [0.29, 0.717) is 0 Å². The van der Waals surface area contributed by atoms with Gasteiger partial charge < -0.3 is 10.6 Å². The first kappa shape index (κ1) is 14.1. The molecule has 0 radical (unpaired) electrons. The molecule has 0 saturated carbocycles. The number of para-hydroxylation sites is 1. The second-order valence-corrected chi connectivity index (χ2v) is 5.39. The highest BCUT2D eigenvalue weighted by Gasteiger charge is 2.05. The van der Waals surface area contributed by atoms with Crippen molar-refractivity contribution in [1.29, 1.82) is 0 Å². The van der Waals surface area contributed by atoms with Crippen molar-refractivity contribution >= 4 is 45.0 Å². The van der Waals surface area contributed by atoms with Crippen molar-refractivity contribution in [2.24, 2.45) is 0 Å². The minimum absolute atomic E-state index is 0.744. The molecule has 0 saturated heterocycles. The van der Waals surface area contributed by atoms with Gasteiger partial charge in [-0.2, -0.15) is 0 Å². The van der Waals surface area contributed by atoms with Crippen molar-refractivity contribution in [1.82, 2.24) is 9.97 Å². The van der Waals surface area contributed by atoms with Crippen LogP contribution in [0.5, 0.6) is 0 Å². The minimum atomic E-state index is 0.744. The Kier molecular flexibility index (Phi) is 5.04. The molecule has 0 aliphatic rings. The van der Waals surface area contributed by atoms with E-state index in [1.54, 1.807) is 0 Å². The number of thioether (sulfide) groups is 1. The van der Waals surface area contributed by atoms with Crippen LogP contribution in [0.2, 0.25) is 0 Å². The molecule has 0 aliphatic carbocycles. The molecule has 2 aromatic rings. The van der Waals surface area contributed by atoms with Gasteiger partial charge in [0.2, 0.25) is 0 Å². The zero-order valence-corrected chi connectivity index (χ0v) is 13.2. The Labute approximate surface area is 125 Å². The van der Waals surface area contributed by atoms with E-state index in [2.05, 4.69) is 36.5 Å². The van der Waals surface area contributed by atoms with E-state index in [4.69, 9.17) is 0 Å². The fourth-order valence-electron chi connectivity index (χ4n) is 1.55. The fraction of sp³-hybridized carbons (Fsp3) is 0.231. The molecular weight excluding hydrogens is 324 g/mol. The van der Waals surface area contributed by atoms with Crippen molar-refractivity contribution in [2.75, 3.05) is 23.4 Å². The summed E-state index contributed by atoms with van der Waals surface area (Å²) in [6.07, 6.45) is 1.97. The Hall–Kier alpha value is -1.27. The summed E-state index contributed by atoms with van der Waals surface area (Å²) in [5.74, 6) is 1.61. The fourth-order valence-corrected chi connectivity index (χ4v) is 2.32. The first-order chi connectivity index (χ1) is 9.22. The van der Waals surface area contributed by atoms with Gasteiger partial charge in [-0.15, -0.1) is 0 Å². The average molecular weight is 339 g/mol. The third-order valence-corrected chi connectivity index (χ3v) is 3.62. The second-order valence-electron chi connectivity index (χ2n) is 3.76. The summed E-state index contributed by atoms with van der Waals surface area (Å²) in [5.41, 5.74) is 0.982. The number of anilines is 3. The standard InChI is InChI=1S/C13H15BrN4S/c1-3-15-11-8-12(18-13(17-11)19-2)16-10-7-5-4-6-9(10)14/h4-8H,3H2,1-2H3,(H2,15,16,17,18). The second kappa shape index (κ2) is 6.77. The number of hydrogen-bond donors (Lipinski definition) is 2. The van der Waals surface area contributed by atoms with Crippen molar-refractivity contribution in [3.05, 3.63) is 34.8 Å². The summed E-state index contributed by atoms with van der Waals surface area (Å²) in [7, 11) is 0. The van der Waals surface area contributed by atoms with Crippen LogP contribution in [0.15, 0.2) is 40.0 Å². The topological polar surface area (TPSA) is 49.8 Å². The van der Waals surface area contributed by atoms with Gasteiger partial charge in [0.05, 0.1) is 5.69 Å². The van der Waals surface area contributed by atoms with Gasteiger partial charge in [0, 0.05) is 17.1 Å². The van der Waals surface area contributed by atoms with E-state index < -0.39 is 0 Å². The lowest BCUT2D eigenvalue weighted by Crippen LogP contribution is -2.03. The lowest BCUT2D eigenvalue weighted by atomic mass is 10.3.